The molecule has 11 heteroatoms. The number of nitrogen functional groups attached to an aromatic ring is 1. The number of nitrogens with two attached hydrogens (primary N) is 1. The van der Waals surface area contributed by atoms with Gasteiger partial charge in [0.2, 0.25) is 5.95 Å². The maximum absolute atomic E-state index is 12.0. The Morgan fingerprint density at radius 1 is 1.42 bits per heavy atom. The van der Waals surface area contributed by atoms with Crippen molar-refractivity contribution in [3.63, 3.8) is 0 Å². The number of anilines is 1. The number of hydrogen-bond donors (Lipinski definition) is 5. The van der Waals surface area contributed by atoms with Crippen molar-refractivity contribution in [2.75, 3.05) is 18.9 Å². The van der Waals surface area contributed by atoms with E-state index >= 15 is 0 Å². The van der Waals surface area contributed by atoms with Gasteiger partial charge in [0.15, 0.2) is 17.4 Å². The van der Waals surface area contributed by atoms with Gasteiger partial charge in [0.1, 0.15) is 24.9 Å². The molecule has 11 nitrogen and oxygen atoms in total. The van der Waals surface area contributed by atoms with Gasteiger partial charge < -0.3 is 30.5 Å². The Labute approximate surface area is 135 Å². The SMILES string of the molecule is C=CCOc1nc2c(=O)[nH]c(N)nc2n1[C@@H]1O[C@H](CO)C(O)C1O. The highest BCUT2D eigenvalue weighted by molar-refractivity contribution is 5.72. The van der Waals surface area contributed by atoms with Crippen molar-refractivity contribution in [1.29, 1.82) is 0 Å². The zero-order valence-electron chi connectivity index (χ0n) is 12.5. The molecule has 1 saturated heterocycles. The highest BCUT2D eigenvalue weighted by Gasteiger charge is 2.45. The summed E-state index contributed by atoms with van der Waals surface area (Å²) in [5, 5.41) is 29.4. The van der Waals surface area contributed by atoms with E-state index in [0.717, 1.165) is 0 Å². The van der Waals surface area contributed by atoms with Gasteiger partial charge in [-0.2, -0.15) is 9.97 Å². The number of imidazole rings is 1. The van der Waals surface area contributed by atoms with Crippen molar-refractivity contribution in [3.05, 3.63) is 23.0 Å². The largest absolute Gasteiger partial charge is 0.460 e. The van der Waals surface area contributed by atoms with Crippen molar-refractivity contribution >= 4 is 17.1 Å². The molecule has 24 heavy (non-hydrogen) atoms. The first-order valence-corrected chi connectivity index (χ1v) is 7.11. The lowest BCUT2D eigenvalue weighted by molar-refractivity contribution is -0.0540. The van der Waals surface area contributed by atoms with E-state index in [1.807, 2.05) is 0 Å². The fourth-order valence-electron chi connectivity index (χ4n) is 2.54. The molecule has 1 aliphatic heterocycles. The second-order valence-electron chi connectivity index (χ2n) is 5.22. The minimum atomic E-state index is -1.40. The van der Waals surface area contributed by atoms with Gasteiger partial charge in [0.25, 0.3) is 5.56 Å². The van der Waals surface area contributed by atoms with Crippen molar-refractivity contribution in [3.8, 4) is 6.01 Å². The van der Waals surface area contributed by atoms with Gasteiger partial charge in [-0.3, -0.25) is 9.78 Å². The lowest BCUT2D eigenvalue weighted by Gasteiger charge is -2.18. The van der Waals surface area contributed by atoms with E-state index in [0.29, 0.717) is 0 Å². The fourth-order valence-corrected chi connectivity index (χ4v) is 2.54. The summed E-state index contributed by atoms with van der Waals surface area (Å²) in [6.07, 6.45) is -3.44. The first-order valence-electron chi connectivity index (χ1n) is 7.11. The Morgan fingerprint density at radius 2 is 2.17 bits per heavy atom. The highest BCUT2D eigenvalue weighted by Crippen LogP contribution is 2.34. The average Bonchev–Trinajstić information content (AvgIpc) is 3.04. The number of rotatable bonds is 5. The van der Waals surface area contributed by atoms with Crippen LogP contribution in [0.25, 0.3) is 11.2 Å². The van der Waals surface area contributed by atoms with Gasteiger partial charge in [0.05, 0.1) is 6.61 Å². The maximum Gasteiger partial charge on any atom is 0.301 e. The van der Waals surface area contributed by atoms with Crippen LogP contribution in [0, 0.1) is 0 Å². The van der Waals surface area contributed by atoms with Crippen molar-refractivity contribution < 1.29 is 24.8 Å². The molecule has 2 aromatic heterocycles. The van der Waals surface area contributed by atoms with E-state index in [1.165, 1.54) is 10.6 Å². The van der Waals surface area contributed by atoms with Crippen molar-refractivity contribution in [1.82, 2.24) is 19.5 Å². The molecule has 0 amide bonds. The van der Waals surface area contributed by atoms with Crippen LogP contribution in [0.2, 0.25) is 0 Å². The quantitative estimate of drug-likeness (QED) is 0.382. The number of fused-ring (bicyclic) bond motifs is 1. The molecule has 0 bridgehead atoms. The molecule has 0 radical (unpaired) electrons. The third kappa shape index (κ3) is 2.53. The number of nitrogens with zero attached hydrogens (tertiary/aromatic N) is 3. The topological polar surface area (TPSA) is 169 Å². The molecule has 2 unspecified atom stereocenters. The van der Waals surface area contributed by atoms with E-state index in [4.69, 9.17) is 15.2 Å². The summed E-state index contributed by atoms with van der Waals surface area (Å²) in [6.45, 7) is 3.10. The van der Waals surface area contributed by atoms with Gasteiger partial charge in [-0.1, -0.05) is 12.7 Å². The normalized spacial score (nSPS) is 26.8. The monoisotopic (exact) mass is 339 g/mol. The Morgan fingerprint density at radius 3 is 2.79 bits per heavy atom. The van der Waals surface area contributed by atoms with Crippen LogP contribution in [0.1, 0.15) is 6.23 Å². The summed E-state index contributed by atoms with van der Waals surface area (Å²) in [6, 6.07) is -0.0664. The van der Waals surface area contributed by atoms with Crippen LogP contribution >= 0.6 is 0 Å². The zero-order chi connectivity index (χ0) is 17.4. The van der Waals surface area contributed by atoms with E-state index < -0.39 is 36.7 Å². The number of aliphatic hydroxyl groups is 3. The Balaban J connectivity index is 2.17. The molecule has 4 atom stereocenters. The molecule has 130 valence electrons. The molecular weight excluding hydrogens is 322 g/mol. The number of aromatic amines is 1. The molecule has 2 aromatic rings. The first kappa shape index (κ1) is 16.4. The number of nitrogens with one attached hydrogen (secondary N) is 1. The van der Waals surface area contributed by atoms with Crippen LogP contribution in [-0.4, -0.2) is 66.4 Å². The van der Waals surface area contributed by atoms with Crippen LogP contribution in [-0.2, 0) is 4.74 Å². The fraction of sp³-hybridized carbons (Fsp3) is 0.462. The summed E-state index contributed by atoms with van der Waals surface area (Å²) >= 11 is 0. The molecule has 0 aliphatic carbocycles. The van der Waals surface area contributed by atoms with E-state index in [9.17, 15) is 20.1 Å². The first-order chi connectivity index (χ1) is 11.5. The lowest BCUT2D eigenvalue weighted by Crippen LogP contribution is -2.33. The van der Waals surface area contributed by atoms with Gasteiger partial charge in [0, 0.05) is 0 Å². The predicted octanol–water partition coefficient (Wildman–Crippen LogP) is -2.12. The summed E-state index contributed by atoms with van der Waals surface area (Å²) < 4.78 is 12.1. The molecule has 0 saturated carbocycles. The molecule has 6 N–H and O–H groups in total. The minimum absolute atomic E-state index is 0.0187. The van der Waals surface area contributed by atoms with Crippen LogP contribution in [0.5, 0.6) is 6.01 Å². The van der Waals surface area contributed by atoms with Gasteiger partial charge in [-0.25, -0.2) is 4.57 Å². The third-order valence-electron chi connectivity index (χ3n) is 3.64. The highest BCUT2D eigenvalue weighted by atomic mass is 16.6. The van der Waals surface area contributed by atoms with E-state index in [2.05, 4.69) is 21.5 Å². The predicted molar refractivity (Wildman–Crippen MR) is 81.3 cm³/mol. The van der Waals surface area contributed by atoms with Crippen molar-refractivity contribution in [2.45, 2.75) is 24.5 Å². The molecule has 3 rings (SSSR count). The maximum atomic E-state index is 12.0. The van der Waals surface area contributed by atoms with Gasteiger partial charge in [-0.05, 0) is 0 Å². The summed E-state index contributed by atoms with van der Waals surface area (Å²) in [7, 11) is 0. The number of ether oxygens (including phenoxy) is 2. The second kappa shape index (κ2) is 6.20. The number of aliphatic hydroxyl groups excluding tert-OH is 3. The summed E-state index contributed by atoms with van der Waals surface area (Å²) in [5.74, 6) is -0.157. The third-order valence-corrected chi connectivity index (χ3v) is 3.64. The Hall–Kier alpha value is -2.47. The molecule has 3 heterocycles. The van der Waals surface area contributed by atoms with Crippen LogP contribution in [0.15, 0.2) is 17.4 Å². The molecule has 1 aliphatic rings. The van der Waals surface area contributed by atoms with E-state index in [-0.39, 0.29) is 29.7 Å². The molecular formula is C13H17N5O6. The molecule has 1 fully saturated rings. The standard InChI is InChI=1S/C13H17N5O6/c1-2-3-23-13-15-6-9(16-12(14)17-10(6)22)18(13)11-8(21)7(20)5(4-19)24-11/h2,5,7-8,11,19-21H,1,3-4H2,(H3,14,16,17,22)/t5-,7?,8?,11-/m1/s1. The number of aromatic nitrogens is 4. The zero-order valence-corrected chi connectivity index (χ0v) is 12.5. The number of H-pyrrole nitrogens is 1. The minimum Gasteiger partial charge on any atom is -0.460 e. The Bertz CT molecular complexity index is 817. The van der Waals surface area contributed by atoms with Crippen LogP contribution in [0.3, 0.4) is 0 Å². The van der Waals surface area contributed by atoms with Gasteiger partial charge >= 0.3 is 6.01 Å². The van der Waals surface area contributed by atoms with Gasteiger partial charge in [-0.15, -0.1) is 0 Å². The van der Waals surface area contributed by atoms with Crippen LogP contribution in [0.4, 0.5) is 5.95 Å². The lowest BCUT2D eigenvalue weighted by atomic mass is 10.1. The summed E-state index contributed by atoms with van der Waals surface area (Å²) in [5.41, 5.74) is 4.92. The smallest absolute Gasteiger partial charge is 0.301 e. The summed E-state index contributed by atoms with van der Waals surface area (Å²) in [4.78, 5) is 22.4. The molecule has 0 spiro atoms. The van der Waals surface area contributed by atoms with Crippen LogP contribution < -0.4 is 16.0 Å². The second-order valence-corrected chi connectivity index (χ2v) is 5.22. The average molecular weight is 339 g/mol. The molecule has 0 aromatic carbocycles. The van der Waals surface area contributed by atoms with E-state index in [1.54, 1.807) is 0 Å². The Kier molecular flexibility index (Phi) is 4.24. The van der Waals surface area contributed by atoms with Crippen molar-refractivity contribution in [2.24, 2.45) is 0 Å². The number of hydrogen-bond acceptors (Lipinski definition) is 9.